The van der Waals surface area contributed by atoms with E-state index in [0.717, 1.165) is 50.5 Å². The Labute approximate surface area is 157 Å². The lowest BCUT2D eigenvalue weighted by molar-refractivity contribution is -0.131. The number of hydrogen-bond acceptors (Lipinski definition) is 4. The third-order valence-electron chi connectivity index (χ3n) is 5.72. The predicted molar refractivity (Wildman–Crippen MR) is 103 cm³/mol. The van der Waals surface area contributed by atoms with E-state index in [1.54, 1.807) is 0 Å². The number of piperidine rings is 2. The van der Waals surface area contributed by atoms with E-state index in [2.05, 4.69) is 39.7 Å². The molecule has 144 valence electrons. The van der Waals surface area contributed by atoms with Gasteiger partial charge in [-0.25, -0.2) is 0 Å². The van der Waals surface area contributed by atoms with E-state index in [-0.39, 0.29) is 5.91 Å². The van der Waals surface area contributed by atoms with Crippen LogP contribution in [0.4, 0.5) is 0 Å². The molecule has 1 aromatic heterocycles. The van der Waals surface area contributed by atoms with Gasteiger partial charge in [0.05, 0.1) is 6.54 Å². The first-order chi connectivity index (χ1) is 12.7. The summed E-state index contributed by atoms with van der Waals surface area (Å²) in [6.07, 6.45) is 11.5. The number of hydrogen-bond donors (Lipinski definition) is 0. The van der Waals surface area contributed by atoms with Gasteiger partial charge in [-0.2, -0.15) is 0 Å². The van der Waals surface area contributed by atoms with E-state index in [4.69, 9.17) is 0 Å². The van der Waals surface area contributed by atoms with E-state index in [1.807, 2.05) is 11.0 Å². The molecule has 3 rings (SSSR count). The summed E-state index contributed by atoms with van der Waals surface area (Å²) in [6, 6.07) is 0. The molecular weight excluding hydrogens is 326 g/mol. The van der Waals surface area contributed by atoms with E-state index < -0.39 is 0 Å². The molecule has 2 aliphatic rings. The molecule has 1 aromatic rings. The number of likely N-dealkylation sites (tertiary alicyclic amines) is 2. The molecule has 0 radical (unpaired) electrons. The summed E-state index contributed by atoms with van der Waals surface area (Å²) in [7, 11) is 2.10. The first kappa shape index (κ1) is 19.1. The van der Waals surface area contributed by atoms with Crippen molar-refractivity contribution in [1.29, 1.82) is 0 Å². The van der Waals surface area contributed by atoms with Gasteiger partial charge in [-0.3, -0.25) is 9.69 Å². The fraction of sp³-hybridized carbons (Fsp3) is 0.750. The van der Waals surface area contributed by atoms with Crippen LogP contribution in [0.1, 0.15) is 69.4 Å². The van der Waals surface area contributed by atoms with E-state index in [1.165, 1.54) is 32.4 Å². The fourth-order valence-electron chi connectivity index (χ4n) is 4.05. The Kier molecular flexibility index (Phi) is 6.83. The standard InChI is InChI=1S/C20H33N5O/c1-3-4-6-9-19(26)25-14-10-17(11-15-25)20-22-21-18(23(20)2)16-24-12-7-5-8-13-24/h4,6,17H,3,5,7-16H2,1-2H3. The van der Waals surface area contributed by atoms with Crippen LogP contribution in [-0.2, 0) is 18.4 Å². The quantitative estimate of drug-likeness (QED) is 0.733. The van der Waals surface area contributed by atoms with Gasteiger partial charge in [0, 0.05) is 32.5 Å². The average Bonchev–Trinajstić information content (AvgIpc) is 3.03. The second-order valence-electron chi connectivity index (χ2n) is 7.61. The van der Waals surface area contributed by atoms with Crippen LogP contribution in [0.25, 0.3) is 0 Å². The van der Waals surface area contributed by atoms with Crippen molar-refractivity contribution in [3.8, 4) is 0 Å². The minimum atomic E-state index is 0.247. The van der Waals surface area contributed by atoms with Crippen LogP contribution in [-0.4, -0.2) is 56.7 Å². The zero-order chi connectivity index (χ0) is 18.4. The molecule has 0 bridgehead atoms. The topological polar surface area (TPSA) is 54.3 Å². The Morgan fingerprint density at radius 1 is 1.08 bits per heavy atom. The molecule has 6 nitrogen and oxygen atoms in total. The summed E-state index contributed by atoms with van der Waals surface area (Å²) in [5, 5.41) is 8.98. The third kappa shape index (κ3) is 4.72. The summed E-state index contributed by atoms with van der Waals surface area (Å²) in [5.41, 5.74) is 0. The number of carbonyl (C=O) groups is 1. The molecular formula is C20H33N5O. The zero-order valence-electron chi connectivity index (χ0n) is 16.4. The Morgan fingerprint density at radius 2 is 1.81 bits per heavy atom. The zero-order valence-corrected chi connectivity index (χ0v) is 16.4. The highest BCUT2D eigenvalue weighted by atomic mass is 16.2. The van der Waals surface area contributed by atoms with Crippen molar-refractivity contribution >= 4 is 5.91 Å². The summed E-state index contributed by atoms with van der Waals surface area (Å²) in [4.78, 5) is 16.7. The molecule has 6 heteroatoms. The maximum atomic E-state index is 12.2. The highest BCUT2D eigenvalue weighted by Crippen LogP contribution is 2.27. The maximum Gasteiger partial charge on any atom is 0.226 e. The molecule has 0 spiro atoms. The SMILES string of the molecule is CCC=CCC(=O)N1CCC(c2nnc(CN3CCCCC3)n2C)CC1. The molecule has 0 atom stereocenters. The van der Waals surface area contributed by atoms with Crippen molar-refractivity contribution < 1.29 is 4.79 Å². The van der Waals surface area contributed by atoms with Gasteiger partial charge in [0.25, 0.3) is 0 Å². The van der Waals surface area contributed by atoms with Gasteiger partial charge < -0.3 is 9.47 Å². The van der Waals surface area contributed by atoms with Crippen LogP contribution < -0.4 is 0 Å². The highest BCUT2D eigenvalue weighted by molar-refractivity contribution is 5.77. The maximum absolute atomic E-state index is 12.2. The predicted octanol–water partition coefficient (Wildman–Crippen LogP) is 2.86. The first-order valence-corrected chi connectivity index (χ1v) is 10.2. The Morgan fingerprint density at radius 3 is 2.50 bits per heavy atom. The lowest BCUT2D eigenvalue weighted by atomic mass is 9.95. The van der Waals surface area contributed by atoms with Gasteiger partial charge in [0.1, 0.15) is 11.6 Å². The van der Waals surface area contributed by atoms with E-state index >= 15 is 0 Å². The summed E-state index contributed by atoms with van der Waals surface area (Å²) in [6.45, 7) is 7.01. The molecule has 0 unspecified atom stereocenters. The molecule has 3 heterocycles. The first-order valence-electron chi connectivity index (χ1n) is 10.2. The van der Waals surface area contributed by atoms with Crippen LogP contribution in [0, 0.1) is 0 Å². The van der Waals surface area contributed by atoms with Crippen LogP contribution >= 0.6 is 0 Å². The Bertz CT molecular complexity index is 610. The molecule has 2 fully saturated rings. The molecule has 1 amide bonds. The largest absolute Gasteiger partial charge is 0.342 e. The van der Waals surface area contributed by atoms with Crippen molar-refractivity contribution in [2.45, 2.75) is 64.3 Å². The van der Waals surface area contributed by atoms with Gasteiger partial charge >= 0.3 is 0 Å². The van der Waals surface area contributed by atoms with E-state index in [9.17, 15) is 4.79 Å². The van der Waals surface area contributed by atoms with Crippen LogP contribution in [0.15, 0.2) is 12.2 Å². The Balaban J connectivity index is 1.53. The number of allylic oxidation sites excluding steroid dienone is 1. The molecule has 26 heavy (non-hydrogen) atoms. The summed E-state index contributed by atoms with van der Waals surface area (Å²) >= 11 is 0. The van der Waals surface area contributed by atoms with Crippen molar-refractivity contribution in [2.75, 3.05) is 26.2 Å². The molecule has 0 N–H and O–H groups in total. The van der Waals surface area contributed by atoms with Gasteiger partial charge in [0.15, 0.2) is 0 Å². The van der Waals surface area contributed by atoms with E-state index in [0.29, 0.717) is 12.3 Å². The average molecular weight is 360 g/mol. The molecule has 0 saturated carbocycles. The van der Waals surface area contributed by atoms with Crippen molar-refractivity contribution in [3.63, 3.8) is 0 Å². The number of nitrogens with zero attached hydrogens (tertiary/aromatic N) is 5. The number of amides is 1. The second kappa shape index (κ2) is 9.31. The lowest BCUT2D eigenvalue weighted by Gasteiger charge is -2.31. The third-order valence-corrected chi connectivity index (χ3v) is 5.72. The van der Waals surface area contributed by atoms with Crippen LogP contribution in [0.2, 0.25) is 0 Å². The normalized spacial score (nSPS) is 20.2. The fourth-order valence-corrected chi connectivity index (χ4v) is 4.05. The minimum absolute atomic E-state index is 0.247. The van der Waals surface area contributed by atoms with Crippen molar-refractivity contribution in [2.24, 2.45) is 7.05 Å². The van der Waals surface area contributed by atoms with Gasteiger partial charge in [0.2, 0.25) is 5.91 Å². The second-order valence-corrected chi connectivity index (χ2v) is 7.61. The monoisotopic (exact) mass is 359 g/mol. The van der Waals surface area contributed by atoms with Gasteiger partial charge in [-0.15, -0.1) is 10.2 Å². The number of carbonyl (C=O) groups excluding carboxylic acids is 1. The summed E-state index contributed by atoms with van der Waals surface area (Å²) in [5.74, 6) is 2.83. The van der Waals surface area contributed by atoms with Crippen LogP contribution in [0.3, 0.4) is 0 Å². The smallest absolute Gasteiger partial charge is 0.226 e. The van der Waals surface area contributed by atoms with Crippen molar-refractivity contribution in [1.82, 2.24) is 24.6 Å². The number of rotatable bonds is 6. The number of aromatic nitrogens is 3. The van der Waals surface area contributed by atoms with Gasteiger partial charge in [-0.1, -0.05) is 25.5 Å². The van der Waals surface area contributed by atoms with Crippen LogP contribution in [0.5, 0.6) is 0 Å². The molecule has 0 aliphatic carbocycles. The molecule has 2 aliphatic heterocycles. The van der Waals surface area contributed by atoms with Crippen molar-refractivity contribution in [3.05, 3.63) is 23.8 Å². The Hall–Kier alpha value is -1.69. The molecule has 2 saturated heterocycles. The minimum Gasteiger partial charge on any atom is -0.342 e. The summed E-state index contributed by atoms with van der Waals surface area (Å²) < 4.78 is 2.20. The highest BCUT2D eigenvalue weighted by Gasteiger charge is 2.27. The molecule has 0 aromatic carbocycles. The lowest BCUT2D eigenvalue weighted by Crippen LogP contribution is -2.38. The van der Waals surface area contributed by atoms with Gasteiger partial charge in [-0.05, 0) is 45.2 Å².